The van der Waals surface area contributed by atoms with E-state index in [0.717, 1.165) is 42.0 Å². The second kappa shape index (κ2) is 4.06. The van der Waals surface area contributed by atoms with Gasteiger partial charge in [-0.3, -0.25) is 0 Å². The van der Waals surface area contributed by atoms with E-state index < -0.39 is 11.6 Å². The van der Waals surface area contributed by atoms with Crippen molar-refractivity contribution in [3.63, 3.8) is 0 Å². The molecule has 102 valence electrons. The summed E-state index contributed by atoms with van der Waals surface area (Å²) < 4.78 is 27.2. The van der Waals surface area contributed by atoms with E-state index in [1.807, 2.05) is 0 Å². The lowest BCUT2D eigenvalue weighted by atomic mass is 9.71. The zero-order valence-corrected chi connectivity index (χ0v) is 11.6. The molecular formula is C16H19F2N. The highest BCUT2D eigenvalue weighted by Gasteiger charge is 2.31. The van der Waals surface area contributed by atoms with Crippen LogP contribution in [0, 0.1) is 23.0 Å². The quantitative estimate of drug-likeness (QED) is 0.715. The van der Waals surface area contributed by atoms with Gasteiger partial charge in [0, 0.05) is 17.1 Å². The van der Waals surface area contributed by atoms with E-state index >= 15 is 0 Å². The van der Waals surface area contributed by atoms with Gasteiger partial charge in [0.05, 0.1) is 5.52 Å². The second-order valence-electron chi connectivity index (χ2n) is 6.70. The Hall–Kier alpha value is -1.38. The minimum atomic E-state index is -0.496. The number of benzene rings is 1. The number of rotatable bonds is 0. The van der Waals surface area contributed by atoms with Gasteiger partial charge < -0.3 is 4.98 Å². The van der Waals surface area contributed by atoms with Gasteiger partial charge in [-0.2, -0.15) is 0 Å². The summed E-state index contributed by atoms with van der Waals surface area (Å²) in [6, 6.07) is 2.41. The van der Waals surface area contributed by atoms with E-state index in [2.05, 4.69) is 25.8 Å². The normalized spacial score (nSPS) is 19.7. The zero-order valence-electron chi connectivity index (χ0n) is 11.6. The van der Waals surface area contributed by atoms with Crippen molar-refractivity contribution in [1.82, 2.24) is 4.98 Å². The number of aromatic nitrogens is 1. The molecule has 1 aromatic heterocycles. The van der Waals surface area contributed by atoms with Crippen LogP contribution in [0.1, 0.15) is 38.4 Å². The van der Waals surface area contributed by atoms with Crippen LogP contribution in [-0.2, 0) is 12.8 Å². The highest BCUT2D eigenvalue weighted by atomic mass is 19.1. The molecule has 0 amide bonds. The van der Waals surface area contributed by atoms with Gasteiger partial charge in [-0.1, -0.05) is 20.8 Å². The molecule has 0 radical (unpaired) electrons. The lowest BCUT2D eigenvalue weighted by Gasteiger charge is -2.34. The van der Waals surface area contributed by atoms with E-state index in [4.69, 9.17) is 0 Å². The van der Waals surface area contributed by atoms with Crippen LogP contribution in [0.25, 0.3) is 10.9 Å². The number of H-pyrrole nitrogens is 1. The molecule has 1 aliphatic carbocycles. The maximum absolute atomic E-state index is 13.8. The molecule has 0 bridgehead atoms. The number of fused-ring (bicyclic) bond motifs is 3. The lowest BCUT2D eigenvalue weighted by Crippen LogP contribution is -2.26. The Labute approximate surface area is 112 Å². The predicted octanol–water partition coefficient (Wildman–Crippen LogP) is 4.60. The fourth-order valence-electron chi connectivity index (χ4n) is 3.18. The number of hydrogen-bond acceptors (Lipinski definition) is 0. The summed E-state index contributed by atoms with van der Waals surface area (Å²) in [7, 11) is 0. The number of halogens is 2. The van der Waals surface area contributed by atoms with Gasteiger partial charge >= 0.3 is 0 Å². The standard InChI is InChI=1S/C16H19F2N/c1-16(2,3)9-4-5-14-11(6-9)12-7-10(17)8-13(18)15(12)19-14/h7-9,19H,4-6H2,1-3H3. The second-order valence-corrected chi connectivity index (χ2v) is 6.70. The van der Waals surface area contributed by atoms with Crippen LogP contribution in [0.2, 0.25) is 0 Å². The van der Waals surface area contributed by atoms with Crippen LogP contribution in [0.5, 0.6) is 0 Å². The van der Waals surface area contributed by atoms with Gasteiger partial charge in [0.1, 0.15) is 11.6 Å². The summed E-state index contributed by atoms with van der Waals surface area (Å²) in [6.07, 6.45) is 2.93. The zero-order chi connectivity index (χ0) is 13.8. The van der Waals surface area contributed by atoms with Crippen LogP contribution in [0.15, 0.2) is 12.1 Å². The minimum Gasteiger partial charge on any atom is -0.356 e. The molecule has 1 heterocycles. The van der Waals surface area contributed by atoms with Gasteiger partial charge in [-0.05, 0) is 42.2 Å². The summed E-state index contributed by atoms with van der Waals surface area (Å²) in [4.78, 5) is 3.14. The molecule has 3 heteroatoms. The van der Waals surface area contributed by atoms with Crippen LogP contribution in [0.3, 0.4) is 0 Å². The molecule has 1 aliphatic rings. The molecule has 3 rings (SSSR count). The summed E-state index contributed by atoms with van der Waals surface area (Å²) in [6.45, 7) is 6.70. The van der Waals surface area contributed by atoms with Gasteiger partial charge in [0.25, 0.3) is 0 Å². The third-order valence-electron chi connectivity index (χ3n) is 4.44. The first-order valence-electron chi connectivity index (χ1n) is 6.84. The highest BCUT2D eigenvalue weighted by Crippen LogP contribution is 2.40. The average molecular weight is 263 g/mol. The van der Waals surface area contributed by atoms with Gasteiger partial charge in [-0.25, -0.2) is 8.78 Å². The fourth-order valence-corrected chi connectivity index (χ4v) is 3.18. The molecule has 1 N–H and O–H groups in total. The molecule has 1 nitrogen and oxygen atoms in total. The highest BCUT2D eigenvalue weighted by molar-refractivity contribution is 5.85. The molecule has 2 aromatic rings. The van der Waals surface area contributed by atoms with E-state index in [1.54, 1.807) is 0 Å². The van der Waals surface area contributed by atoms with E-state index in [9.17, 15) is 8.78 Å². The van der Waals surface area contributed by atoms with Gasteiger partial charge in [0.15, 0.2) is 0 Å². The Morgan fingerprint density at radius 2 is 1.95 bits per heavy atom. The monoisotopic (exact) mass is 263 g/mol. The van der Waals surface area contributed by atoms with Crippen molar-refractivity contribution >= 4 is 10.9 Å². The van der Waals surface area contributed by atoms with E-state index in [0.29, 0.717) is 11.4 Å². The van der Waals surface area contributed by atoms with Crippen molar-refractivity contribution in [2.45, 2.75) is 40.0 Å². The Morgan fingerprint density at radius 3 is 2.63 bits per heavy atom. The Bertz CT molecular complexity index is 634. The van der Waals surface area contributed by atoms with Gasteiger partial charge in [0.2, 0.25) is 0 Å². The van der Waals surface area contributed by atoms with Crippen LogP contribution < -0.4 is 0 Å². The van der Waals surface area contributed by atoms with Crippen LogP contribution >= 0.6 is 0 Å². The first kappa shape index (κ1) is 12.6. The van der Waals surface area contributed by atoms with Crippen molar-refractivity contribution in [2.75, 3.05) is 0 Å². The summed E-state index contributed by atoms with van der Waals surface area (Å²) in [5, 5.41) is 0.724. The van der Waals surface area contributed by atoms with Crippen molar-refractivity contribution in [1.29, 1.82) is 0 Å². The van der Waals surface area contributed by atoms with Crippen LogP contribution in [-0.4, -0.2) is 4.98 Å². The molecule has 1 aromatic carbocycles. The topological polar surface area (TPSA) is 15.8 Å². The molecule has 0 fully saturated rings. The van der Waals surface area contributed by atoms with Crippen molar-refractivity contribution in [3.8, 4) is 0 Å². The minimum absolute atomic E-state index is 0.229. The van der Waals surface area contributed by atoms with Crippen molar-refractivity contribution < 1.29 is 8.78 Å². The molecule has 0 aliphatic heterocycles. The van der Waals surface area contributed by atoms with Gasteiger partial charge in [-0.15, -0.1) is 0 Å². The Morgan fingerprint density at radius 1 is 1.21 bits per heavy atom. The number of nitrogens with one attached hydrogen (secondary N) is 1. The van der Waals surface area contributed by atoms with Crippen molar-refractivity contribution in [3.05, 3.63) is 35.0 Å². The molecule has 0 saturated heterocycles. The van der Waals surface area contributed by atoms with E-state index in [1.165, 1.54) is 6.07 Å². The summed E-state index contributed by atoms with van der Waals surface area (Å²) >= 11 is 0. The number of aryl methyl sites for hydroxylation is 1. The van der Waals surface area contributed by atoms with Crippen molar-refractivity contribution in [2.24, 2.45) is 11.3 Å². The SMILES string of the molecule is CC(C)(C)C1CCc2[nH]c3c(F)cc(F)cc3c2C1. The number of aromatic amines is 1. The molecule has 1 unspecified atom stereocenters. The van der Waals surface area contributed by atoms with E-state index in [-0.39, 0.29) is 5.41 Å². The van der Waals surface area contributed by atoms with Crippen LogP contribution in [0.4, 0.5) is 8.78 Å². The third-order valence-corrected chi connectivity index (χ3v) is 4.44. The smallest absolute Gasteiger partial charge is 0.150 e. The fraction of sp³-hybridized carbons (Fsp3) is 0.500. The molecular weight excluding hydrogens is 244 g/mol. The number of hydrogen-bond donors (Lipinski definition) is 1. The summed E-state index contributed by atoms with van der Waals surface area (Å²) in [5.74, 6) is -0.424. The molecule has 0 saturated carbocycles. The summed E-state index contributed by atoms with van der Waals surface area (Å²) in [5.41, 5.74) is 2.88. The Balaban J connectivity index is 2.13. The predicted molar refractivity (Wildman–Crippen MR) is 73.2 cm³/mol. The Kier molecular flexibility index (Phi) is 2.70. The molecule has 0 spiro atoms. The maximum Gasteiger partial charge on any atom is 0.150 e. The first-order valence-corrected chi connectivity index (χ1v) is 6.84. The first-order chi connectivity index (χ1) is 8.86. The average Bonchev–Trinajstić information content (AvgIpc) is 2.66. The largest absolute Gasteiger partial charge is 0.356 e. The lowest BCUT2D eigenvalue weighted by molar-refractivity contribution is 0.216. The third kappa shape index (κ3) is 2.05. The maximum atomic E-state index is 13.8. The molecule has 19 heavy (non-hydrogen) atoms. The molecule has 1 atom stereocenters.